The number of methoxy groups -OCH3 is 1. The van der Waals surface area contributed by atoms with Gasteiger partial charge in [-0.05, 0) is 44.4 Å². The molecule has 1 saturated heterocycles. The van der Waals surface area contributed by atoms with Crippen LogP contribution in [0.3, 0.4) is 0 Å². The van der Waals surface area contributed by atoms with Gasteiger partial charge < -0.3 is 14.5 Å². The van der Waals surface area contributed by atoms with Crippen molar-refractivity contribution in [2.75, 3.05) is 33.3 Å². The van der Waals surface area contributed by atoms with Crippen LogP contribution in [0.2, 0.25) is 0 Å². The van der Waals surface area contributed by atoms with E-state index in [0.29, 0.717) is 36.7 Å². The van der Waals surface area contributed by atoms with Crippen molar-refractivity contribution in [2.45, 2.75) is 81.2 Å². The topological polar surface area (TPSA) is 84.7 Å². The summed E-state index contributed by atoms with van der Waals surface area (Å²) in [6.45, 7) is 3.43. The van der Waals surface area contributed by atoms with Crippen LogP contribution in [0.25, 0.3) is 5.69 Å². The van der Waals surface area contributed by atoms with Crippen LogP contribution in [0.4, 0.5) is 0 Å². The van der Waals surface area contributed by atoms with Crippen LogP contribution in [-0.4, -0.2) is 69.8 Å². The molecule has 0 spiro atoms. The van der Waals surface area contributed by atoms with Gasteiger partial charge in [-0.2, -0.15) is 0 Å². The second-order valence-electron chi connectivity index (χ2n) is 11.0. The van der Waals surface area contributed by atoms with Gasteiger partial charge in [0.25, 0.3) is 5.56 Å². The predicted octanol–water partition coefficient (Wildman–Crippen LogP) is 4.21. The van der Waals surface area contributed by atoms with E-state index < -0.39 is 0 Å². The molecule has 8 nitrogen and oxygen atoms in total. The average molecular weight is 553 g/mol. The number of ether oxygens (including phenoxy) is 1. The molecule has 2 fully saturated rings. The van der Waals surface area contributed by atoms with Gasteiger partial charge in [0.05, 0.1) is 36.5 Å². The monoisotopic (exact) mass is 552 g/mol. The molecule has 1 amide bonds. The molecule has 2 aliphatic heterocycles. The first kappa shape index (κ1) is 27.9. The molecular weight excluding hydrogens is 512 g/mol. The molecule has 1 saturated carbocycles. The molecule has 3 heterocycles. The summed E-state index contributed by atoms with van der Waals surface area (Å²) in [4.78, 5) is 47.7. The number of rotatable bonds is 10. The van der Waals surface area contributed by atoms with Crippen molar-refractivity contribution in [3.05, 3.63) is 51.9 Å². The van der Waals surface area contributed by atoms with Gasteiger partial charge in [-0.3, -0.25) is 19.0 Å². The van der Waals surface area contributed by atoms with Crippen LogP contribution in [0.5, 0.6) is 0 Å². The number of esters is 1. The van der Waals surface area contributed by atoms with Crippen molar-refractivity contribution in [3.63, 3.8) is 0 Å². The van der Waals surface area contributed by atoms with E-state index >= 15 is 0 Å². The van der Waals surface area contributed by atoms with Gasteiger partial charge in [-0.15, -0.1) is 0 Å². The number of hydrogen-bond acceptors (Lipinski definition) is 7. The lowest BCUT2D eigenvalue weighted by atomic mass is 9.96. The third-order valence-electron chi connectivity index (χ3n) is 8.24. The summed E-state index contributed by atoms with van der Waals surface area (Å²) < 4.78 is 6.46. The van der Waals surface area contributed by atoms with Crippen molar-refractivity contribution < 1.29 is 14.3 Å². The first-order valence-electron chi connectivity index (χ1n) is 14.5. The van der Waals surface area contributed by atoms with E-state index in [2.05, 4.69) is 9.64 Å². The molecule has 1 aliphatic carbocycles. The molecule has 1 aromatic carbocycles. The summed E-state index contributed by atoms with van der Waals surface area (Å²) in [5.74, 6) is -0.0152. The molecule has 0 radical (unpaired) electrons. The highest BCUT2D eigenvalue weighted by molar-refractivity contribution is 7.99. The van der Waals surface area contributed by atoms with Gasteiger partial charge in [0.2, 0.25) is 5.91 Å². The summed E-state index contributed by atoms with van der Waals surface area (Å²) in [5, 5.41) is 1.28. The summed E-state index contributed by atoms with van der Waals surface area (Å²) >= 11 is 1.75. The van der Waals surface area contributed by atoms with Gasteiger partial charge >= 0.3 is 5.97 Å². The number of carbonyl (C=O) groups is 2. The third-order valence-corrected chi connectivity index (χ3v) is 9.53. The molecule has 1 aromatic heterocycles. The molecule has 0 bridgehead atoms. The largest absolute Gasteiger partial charge is 0.469 e. The van der Waals surface area contributed by atoms with E-state index in [1.54, 1.807) is 16.3 Å². The van der Waals surface area contributed by atoms with Gasteiger partial charge in [-0.1, -0.05) is 55.6 Å². The minimum absolute atomic E-state index is 0.00735. The maximum absolute atomic E-state index is 13.9. The Balaban J connectivity index is 1.22. The Morgan fingerprint density at radius 2 is 1.82 bits per heavy atom. The molecule has 0 unspecified atom stereocenters. The maximum Gasteiger partial charge on any atom is 0.305 e. The Hall–Kier alpha value is -2.65. The van der Waals surface area contributed by atoms with Crippen molar-refractivity contribution in [2.24, 2.45) is 5.92 Å². The number of carbonyl (C=O) groups excluding carboxylic acids is 2. The number of nitrogens with zero attached hydrogens (tertiary/aromatic N) is 4. The number of para-hydroxylation sites is 1. The highest BCUT2D eigenvalue weighted by atomic mass is 32.2. The summed E-state index contributed by atoms with van der Waals surface area (Å²) in [6.07, 6.45) is 10.0. The number of unbranched alkanes of at least 4 members (excludes halogenated alkanes) is 2. The average Bonchev–Trinajstić information content (AvgIpc) is 2.94. The van der Waals surface area contributed by atoms with Crippen LogP contribution < -0.4 is 5.56 Å². The summed E-state index contributed by atoms with van der Waals surface area (Å²) in [6, 6.07) is 9.79. The lowest BCUT2D eigenvalue weighted by Crippen LogP contribution is -2.55. The fourth-order valence-electron chi connectivity index (χ4n) is 5.91. The number of benzene rings is 1. The summed E-state index contributed by atoms with van der Waals surface area (Å²) in [5.41, 5.74) is 2.31. The zero-order chi connectivity index (χ0) is 27.2. The van der Waals surface area contributed by atoms with E-state index in [0.717, 1.165) is 55.4 Å². The Morgan fingerprint density at radius 1 is 1.05 bits per heavy atom. The normalized spacial score (nSPS) is 18.4. The standard InChI is InChI=1S/C30H40N4O4S/c1-38-27(35)15-9-4-10-17-32-19-22(20-32)28(36)33-18-16-26-25(21-33)29(37)34(23-11-5-2-6-12-23)30(31-26)39-24-13-7-3-8-14-24/h2,5-6,11-12,22,24H,3-4,7-10,13-21H2,1H3. The molecule has 0 atom stereocenters. The van der Waals surface area contributed by atoms with Crippen molar-refractivity contribution in [3.8, 4) is 5.69 Å². The SMILES string of the molecule is COC(=O)CCCCCN1CC(C(=O)N2CCc3nc(SC4CCCCC4)n(-c4ccccc4)c(=O)c3C2)C1. The Kier molecular flexibility index (Phi) is 9.40. The minimum atomic E-state index is -0.155. The van der Waals surface area contributed by atoms with Crippen molar-refractivity contribution >= 4 is 23.6 Å². The number of aromatic nitrogens is 2. The van der Waals surface area contributed by atoms with E-state index in [4.69, 9.17) is 4.98 Å². The fraction of sp³-hybridized carbons (Fsp3) is 0.600. The van der Waals surface area contributed by atoms with Crippen LogP contribution in [0.1, 0.15) is 69.0 Å². The highest BCUT2D eigenvalue weighted by Crippen LogP contribution is 2.34. The molecule has 5 rings (SSSR count). The van der Waals surface area contributed by atoms with E-state index in [1.807, 2.05) is 35.2 Å². The Labute approximate surface area is 235 Å². The van der Waals surface area contributed by atoms with E-state index in [9.17, 15) is 14.4 Å². The number of thioether (sulfide) groups is 1. The smallest absolute Gasteiger partial charge is 0.305 e. The lowest BCUT2D eigenvalue weighted by molar-refractivity contribution is -0.142. The second kappa shape index (κ2) is 13.1. The Morgan fingerprint density at radius 3 is 2.56 bits per heavy atom. The van der Waals surface area contributed by atoms with E-state index in [-0.39, 0.29) is 23.4 Å². The Bertz CT molecular complexity index is 1210. The van der Waals surface area contributed by atoms with Gasteiger partial charge in [0.1, 0.15) is 0 Å². The quantitative estimate of drug-likeness (QED) is 0.248. The second-order valence-corrected chi connectivity index (χ2v) is 12.3. The maximum atomic E-state index is 13.9. The molecular formula is C30H40N4O4S. The van der Waals surface area contributed by atoms with Gasteiger partial charge in [-0.25, -0.2) is 4.98 Å². The first-order chi connectivity index (χ1) is 19.0. The van der Waals surface area contributed by atoms with Crippen molar-refractivity contribution in [1.82, 2.24) is 19.4 Å². The fourth-order valence-corrected chi connectivity index (χ4v) is 7.23. The molecule has 39 heavy (non-hydrogen) atoms. The number of fused-ring (bicyclic) bond motifs is 1. The number of amides is 1. The zero-order valence-corrected chi connectivity index (χ0v) is 23.8. The predicted molar refractivity (Wildman–Crippen MR) is 152 cm³/mol. The van der Waals surface area contributed by atoms with Gasteiger partial charge in [0.15, 0.2) is 5.16 Å². The molecule has 9 heteroatoms. The van der Waals surface area contributed by atoms with Gasteiger partial charge in [0, 0.05) is 37.7 Å². The molecule has 3 aliphatic rings. The van der Waals surface area contributed by atoms with Crippen molar-refractivity contribution in [1.29, 1.82) is 0 Å². The number of likely N-dealkylation sites (tertiary alicyclic amines) is 1. The lowest BCUT2D eigenvalue weighted by Gasteiger charge is -2.41. The molecule has 0 N–H and O–H groups in total. The third kappa shape index (κ3) is 6.74. The summed E-state index contributed by atoms with van der Waals surface area (Å²) in [7, 11) is 1.42. The zero-order valence-electron chi connectivity index (χ0n) is 23.0. The van der Waals surface area contributed by atoms with Crippen LogP contribution in [0.15, 0.2) is 40.3 Å². The van der Waals surface area contributed by atoms with Crippen LogP contribution >= 0.6 is 11.8 Å². The first-order valence-corrected chi connectivity index (χ1v) is 15.4. The number of hydrogen-bond donors (Lipinski definition) is 0. The van der Waals surface area contributed by atoms with Crippen LogP contribution in [-0.2, 0) is 27.3 Å². The molecule has 2 aromatic rings. The van der Waals surface area contributed by atoms with Crippen LogP contribution in [0, 0.1) is 5.92 Å². The minimum Gasteiger partial charge on any atom is -0.469 e. The van der Waals surface area contributed by atoms with E-state index in [1.165, 1.54) is 39.2 Å². The highest BCUT2D eigenvalue weighted by Gasteiger charge is 2.37. The molecule has 210 valence electrons.